The second-order valence-corrected chi connectivity index (χ2v) is 9.56. The molecule has 8 nitrogen and oxygen atoms in total. The number of imide groups is 1. The van der Waals surface area contributed by atoms with Crippen molar-refractivity contribution in [1.82, 2.24) is 10.0 Å². The Morgan fingerprint density at radius 3 is 1.97 bits per heavy atom. The Morgan fingerprint density at radius 1 is 0.789 bits per heavy atom. The molecule has 1 aliphatic heterocycles. The third-order valence-corrected chi connectivity index (χ3v) is 6.45. The Labute approximate surface area is 232 Å². The van der Waals surface area contributed by atoms with Gasteiger partial charge < -0.3 is 4.74 Å². The molecule has 4 rings (SSSR count). The number of esters is 1. The molecule has 0 saturated carbocycles. The number of hydrogen-bond acceptors (Lipinski definition) is 6. The van der Waals surface area contributed by atoms with Gasteiger partial charge in [-0.25, -0.2) is 9.80 Å². The van der Waals surface area contributed by atoms with Gasteiger partial charge in [0.15, 0.2) is 5.78 Å². The van der Waals surface area contributed by atoms with Crippen LogP contribution in [0.25, 0.3) is 0 Å². The molecule has 38 heavy (non-hydrogen) atoms. The molecule has 1 fully saturated rings. The molecule has 1 heterocycles. The first kappa shape index (κ1) is 27.3. The minimum atomic E-state index is -0.715. The summed E-state index contributed by atoms with van der Waals surface area (Å²) in [6.45, 7) is -0.571. The fourth-order valence-electron chi connectivity index (χ4n) is 3.74. The molecule has 0 bridgehead atoms. The summed E-state index contributed by atoms with van der Waals surface area (Å²) in [4.78, 5) is 64.0. The fourth-order valence-corrected chi connectivity index (χ4v) is 4.35. The number of rotatable bonds is 7. The molecule has 0 atom stereocenters. The maximum Gasteiger partial charge on any atom is 0.345 e. The molecule has 194 valence electrons. The standard InChI is InChI=1S/C27H19Cl3N2O6/c28-18-8-4-17(5-9-18)26(36)31(32-24(34)2-1-3-25(32)35)15-23(33)16-6-11-20(12-7-16)38-27(37)21-13-10-19(29)14-22(21)30/h4-14H,1-3,15H2. The predicted molar refractivity (Wildman–Crippen MR) is 140 cm³/mol. The van der Waals surface area contributed by atoms with Crippen LogP contribution in [0.4, 0.5) is 0 Å². The molecule has 1 saturated heterocycles. The van der Waals surface area contributed by atoms with Crippen LogP contribution in [0.2, 0.25) is 15.1 Å². The Balaban J connectivity index is 1.53. The summed E-state index contributed by atoms with van der Waals surface area (Å²) in [5.74, 6) is -2.96. The van der Waals surface area contributed by atoms with E-state index in [0.29, 0.717) is 16.5 Å². The summed E-state index contributed by atoms with van der Waals surface area (Å²) in [7, 11) is 0. The fraction of sp³-hybridized carbons (Fsp3) is 0.148. The summed E-state index contributed by atoms with van der Waals surface area (Å²) < 4.78 is 5.32. The maximum absolute atomic E-state index is 13.3. The number of amides is 3. The van der Waals surface area contributed by atoms with Crippen molar-refractivity contribution in [3.05, 3.63) is 98.5 Å². The molecular weight excluding hydrogens is 555 g/mol. The Bertz CT molecular complexity index is 1410. The van der Waals surface area contributed by atoms with Crippen molar-refractivity contribution in [2.24, 2.45) is 0 Å². The highest BCUT2D eigenvalue weighted by molar-refractivity contribution is 6.36. The number of ketones is 1. The molecule has 3 amide bonds. The zero-order chi connectivity index (χ0) is 27.4. The highest BCUT2D eigenvalue weighted by Gasteiger charge is 2.36. The maximum atomic E-state index is 13.3. The van der Waals surface area contributed by atoms with Gasteiger partial charge in [0.25, 0.3) is 5.91 Å². The molecule has 3 aromatic rings. The van der Waals surface area contributed by atoms with Crippen LogP contribution in [0.5, 0.6) is 5.75 Å². The molecule has 0 spiro atoms. The molecule has 0 aromatic heterocycles. The van der Waals surface area contributed by atoms with Crippen LogP contribution in [-0.2, 0) is 9.59 Å². The van der Waals surface area contributed by atoms with E-state index in [1.807, 2.05) is 0 Å². The lowest BCUT2D eigenvalue weighted by Crippen LogP contribution is -2.56. The van der Waals surface area contributed by atoms with Crippen molar-refractivity contribution >= 4 is 64.3 Å². The van der Waals surface area contributed by atoms with Gasteiger partial charge in [0.05, 0.1) is 10.6 Å². The lowest BCUT2D eigenvalue weighted by molar-refractivity contribution is -0.162. The van der Waals surface area contributed by atoms with Crippen LogP contribution in [-0.4, -0.2) is 46.0 Å². The smallest absolute Gasteiger partial charge is 0.345 e. The highest BCUT2D eigenvalue weighted by atomic mass is 35.5. The van der Waals surface area contributed by atoms with Crippen LogP contribution in [0.3, 0.4) is 0 Å². The molecule has 0 N–H and O–H groups in total. The third kappa shape index (κ3) is 6.22. The highest BCUT2D eigenvalue weighted by Crippen LogP contribution is 2.24. The molecule has 0 radical (unpaired) electrons. The summed E-state index contributed by atoms with van der Waals surface area (Å²) in [6, 6.07) is 15.8. The van der Waals surface area contributed by atoms with E-state index < -0.39 is 36.0 Å². The summed E-state index contributed by atoms with van der Waals surface area (Å²) >= 11 is 17.8. The number of halogens is 3. The first-order chi connectivity index (χ1) is 18.1. The van der Waals surface area contributed by atoms with Crippen molar-refractivity contribution < 1.29 is 28.7 Å². The van der Waals surface area contributed by atoms with Crippen LogP contribution in [0.1, 0.15) is 50.3 Å². The van der Waals surface area contributed by atoms with Gasteiger partial charge in [-0.1, -0.05) is 34.8 Å². The van der Waals surface area contributed by atoms with E-state index in [4.69, 9.17) is 39.5 Å². The zero-order valence-electron chi connectivity index (χ0n) is 19.7. The molecule has 0 aliphatic carbocycles. The topological polar surface area (TPSA) is 101 Å². The molecule has 3 aromatic carbocycles. The van der Waals surface area contributed by atoms with Crippen molar-refractivity contribution in [2.75, 3.05) is 6.54 Å². The molecule has 1 aliphatic rings. The third-order valence-electron chi connectivity index (χ3n) is 5.65. The van der Waals surface area contributed by atoms with E-state index in [0.717, 1.165) is 10.0 Å². The first-order valence-electron chi connectivity index (χ1n) is 11.4. The first-order valence-corrected chi connectivity index (χ1v) is 12.5. The van der Waals surface area contributed by atoms with E-state index in [2.05, 4.69) is 0 Å². The van der Waals surface area contributed by atoms with Gasteiger partial charge in [-0.2, -0.15) is 5.01 Å². The number of carbonyl (C=O) groups is 5. The van der Waals surface area contributed by atoms with Crippen LogP contribution in [0, 0.1) is 0 Å². The normalized spacial score (nSPS) is 13.3. The number of carbonyl (C=O) groups excluding carboxylic acids is 5. The van der Waals surface area contributed by atoms with Crippen LogP contribution in [0.15, 0.2) is 66.7 Å². The minimum absolute atomic E-state index is 0.0715. The van der Waals surface area contributed by atoms with Gasteiger partial charge in [0.1, 0.15) is 12.3 Å². The van der Waals surface area contributed by atoms with E-state index in [1.54, 1.807) is 0 Å². The van der Waals surface area contributed by atoms with Crippen molar-refractivity contribution in [2.45, 2.75) is 19.3 Å². The van der Waals surface area contributed by atoms with Gasteiger partial charge >= 0.3 is 5.97 Å². The molecule has 11 heteroatoms. The minimum Gasteiger partial charge on any atom is -0.423 e. The van der Waals surface area contributed by atoms with Crippen molar-refractivity contribution in [3.8, 4) is 5.75 Å². The number of hydrazine groups is 1. The van der Waals surface area contributed by atoms with Gasteiger partial charge in [-0.15, -0.1) is 0 Å². The quantitative estimate of drug-likeness (QED) is 0.157. The number of hydrogen-bond donors (Lipinski definition) is 0. The SMILES string of the molecule is O=C(CN(C(=O)c1ccc(Cl)cc1)N1C(=O)CCCC1=O)c1ccc(OC(=O)c2ccc(Cl)cc2Cl)cc1. The van der Waals surface area contributed by atoms with E-state index >= 15 is 0 Å². The van der Waals surface area contributed by atoms with Gasteiger partial charge in [-0.3, -0.25) is 19.2 Å². The lowest BCUT2D eigenvalue weighted by Gasteiger charge is -2.35. The average molecular weight is 574 g/mol. The monoisotopic (exact) mass is 572 g/mol. The van der Waals surface area contributed by atoms with Crippen LogP contribution >= 0.6 is 34.8 Å². The van der Waals surface area contributed by atoms with Crippen molar-refractivity contribution in [3.63, 3.8) is 0 Å². The van der Waals surface area contributed by atoms with Gasteiger partial charge in [-0.05, 0) is 73.2 Å². The average Bonchev–Trinajstić information content (AvgIpc) is 2.88. The van der Waals surface area contributed by atoms with Crippen molar-refractivity contribution in [1.29, 1.82) is 0 Å². The Hall–Kier alpha value is -3.72. The summed E-state index contributed by atoms with van der Waals surface area (Å²) in [6.07, 6.45) is 0.510. The van der Waals surface area contributed by atoms with Crippen LogP contribution < -0.4 is 4.74 Å². The number of piperidine rings is 1. The van der Waals surface area contributed by atoms with Gasteiger partial charge in [0.2, 0.25) is 11.8 Å². The number of benzene rings is 3. The van der Waals surface area contributed by atoms with E-state index in [9.17, 15) is 24.0 Å². The van der Waals surface area contributed by atoms with E-state index in [1.165, 1.54) is 66.7 Å². The number of ether oxygens (including phenoxy) is 1. The summed E-state index contributed by atoms with van der Waals surface area (Å²) in [5.41, 5.74) is 0.431. The number of nitrogens with zero attached hydrogens (tertiary/aromatic N) is 2. The Kier molecular flexibility index (Phi) is 8.46. The lowest BCUT2D eigenvalue weighted by atomic mass is 10.1. The van der Waals surface area contributed by atoms with Gasteiger partial charge in [0, 0.05) is 34.0 Å². The van der Waals surface area contributed by atoms with E-state index in [-0.39, 0.29) is 40.3 Å². The molecular formula is C27H19Cl3N2O6. The predicted octanol–water partition coefficient (Wildman–Crippen LogP) is 5.65. The zero-order valence-corrected chi connectivity index (χ0v) is 21.9. The second kappa shape index (κ2) is 11.8. The molecule has 0 unspecified atom stereocenters. The number of Topliss-reactive ketones (excluding diaryl/α,β-unsaturated/α-hetero) is 1. The summed E-state index contributed by atoms with van der Waals surface area (Å²) in [5, 5.41) is 2.48. The Morgan fingerprint density at radius 2 is 1.37 bits per heavy atom. The second-order valence-electron chi connectivity index (χ2n) is 8.28. The largest absolute Gasteiger partial charge is 0.423 e.